The Balaban J connectivity index is 2.10. The molecular weight excluding hydrogens is 452 g/mol. The molecule has 0 aliphatic rings. The molecule has 0 aromatic heterocycles. The van der Waals surface area contributed by atoms with Gasteiger partial charge in [-0.3, -0.25) is 4.79 Å². The number of ether oxygens (including phenoxy) is 1. The molecule has 0 radical (unpaired) electrons. The highest BCUT2D eigenvalue weighted by Crippen LogP contribution is 2.23. The van der Waals surface area contributed by atoms with Crippen molar-refractivity contribution in [3.63, 3.8) is 0 Å². The van der Waals surface area contributed by atoms with Crippen LogP contribution in [0.5, 0.6) is 5.75 Å². The van der Waals surface area contributed by atoms with Crippen molar-refractivity contribution in [2.75, 3.05) is 0 Å². The number of nitrogens with one attached hydrogen (secondary N) is 1. The lowest BCUT2D eigenvalue weighted by Gasteiger charge is -2.14. The van der Waals surface area contributed by atoms with Crippen molar-refractivity contribution in [1.82, 2.24) is 5.43 Å². The first kappa shape index (κ1) is 19.6. The Kier molecular flexibility index (Phi) is 6.75. The summed E-state index contributed by atoms with van der Waals surface area (Å²) in [4.78, 5) is 11.6. The Morgan fingerprint density at radius 1 is 1.24 bits per heavy atom. The summed E-state index contributed by atoms with van der Waals surface area (Å²) in [7, 11) is 0. The maximum atomic E-state index is 11.6. The van der Waals surface area contributed by atoms with Gasteiger partial charge in [-0.05, 0) is 49.7 Å². The highest BCUT2D eigenvalue weighted by Gasteiger charge is 2.22. The van der Waals surface area contributed by atoms with E-state index in [2.05, 4.69) is 42.4 Å². The summed E-state index contributed by atoms with van der Waals surface area (Å²) < 4.78 is 7.71. The highest BCUT2D eigenvalue weighted by atomic mass is 79.9. The number of rotatable bonds is 6. The van der Waals surface area contributed by atoms with Crippen molar-refractivity contribution in [3.05, 3.63) is 62.5 Å². The monoisotopic (exact) mass is 468 g/mol. The zero-order chi connectivity index (χ0) is 18.4. The van der Waals surface area contributed by atoms with Gasteiger partial charge in [0, 0.05) is 14.5 Å². The summed E-state index contributed by atoms with van der Waals surface area (Å²) >= 11 is 6.84. The first-order chi connectivity index (χ1) is 11.8. The average molecular weight is 470 g/mol. The Bertz CT molecular complexity index is 786. The number of hydrogen-bond acceptors (Lipinski definition) is 4. The molecule has 0 atom stereocenters. The quantitative estimate of drug-likeness (QED) is 0.496. The molecule has 0 aliphatic carbocycles. The molecule has 2 aromatic rings. The van der Waals surface area contributed by atoms with E-state index in [0.717, 1.165) is 14.5 Å². The van der Waals surface area contributed by atoms with Crippen molar-refractivity contribution in [3.8, 4) is 5.75 Å². The van der Waals surface area contributed by atoms with Gasteiger partial charge in [0.1, 0.15) is 18.0 Å². The number of halogens is 2. The third-order valence-electron chi connectivity index (χ3n) is 3.18. The van der Waals surface area contributed by atoms with E-state index in [1.54, 1.807) is 0 Å². The van der Waals surface area contributed by atoms with Crippen LogP contribution in [0.3, 0.4) is 0 Å². The van der Waals surface area contributed by atoms with Gasteiger partial charge in [-0.15, -0.1) is 0 Å². The van der Waals surface area contributed by atoms with E-state index in [9.17, 15) is 9.90 Å². The van der Waals surface area contributed by atoms with Crippen LogP contribution in [0.25, 0.3) is 0 Å². The number of amides is 1. The third-order valence-corrected chi connectivity index (χ3v) is 4.17. The summed E-state index contributed by atoms with van der Waals surface area (Å²) in [5.74, 6) is 0.0415. The summed E-state index contributed by atoms with van der Waals surface area (Å²) in [5.41, 5.74) is 2.53. The summed E-state index contributed by atoms with van der Waals surface area (Å²) in [5, 5.41) is 13.5. The lowest BCUT2D eigenvalue weighted by molar-refractivity contribution is -0.136. The van der Waals surface area contributed by atoms with E-state index >= 15 is 0 Å². The minimum absolute atomic E-state index is 0.401. The minimum atomic E-state index is -1.49. The number of nitrogens with zero attached hydrogens (tertiary/aromatic N) is 1. The Labute approximate surface area is 163 Å². The van der Waals surface area contributed by atoms with E-state index in [1.807, 2.05) is 42.5 Å². The fraction of sp³-hybridized carbons (Fsp3) is 0.222. The Morgan fingerprint density at radius 3 is 2.64 bits per heavy atom. The zero-order valence-electron chi connectivity index (χ0n) is 13.8. The van der Waals surface area contributed by atoms with Crippen molar-refractivity contribution in [2.45, 2.75) is 26.1 Å². The molecule has 7 heteroatoms. The molecule has 2 aromatic carbocycles. The zero-order valence-corrected chi connectivity index (χ0v) is 17.0. The van der Waals surface area contributed by atoms with Gasteiger partial charge in [0.2, 0.25) is 0 Å². The third kappa shape index (κ3) is 6.26. The van der Waals surface area contributed by atoms with E-state index in [-0.39, 0.29) is 0 Å². The topological polar surface area (TPSA) is 70.9 Å². The second kappa shape index (κ2) is 8.60. The van der Waals surface area contributed by atoms with Crippen LogP contribution in [-0.4, -0.2) is 22.8 Å². The molecule has 2 N–H and O–H groups in total. The van der Waals surface area contributed by atoms with E-state index in [0.29, 0.717) is 17.9 Å². The maximum Gasteiger partial charge on any atom is 0.271 e. The lowest BCUT2D eigenvalue weighted by Crippen LogP contribution is -2.39. The molecule has 0 spiro atoms. The van der Waals surface area contributed by atoms with Crippen LogP contribution in [0, 0.1) is 0 Å². The maximum absolute atomic E-state index is 11.6. The highest BCUT2D eigenvalue weighted by molar-refractivity contribution is 9.10. The smallest absolute Gasteiger partial charge is 0.271 e. The van der Waals surface area contributed by atoms with Crippen LogP contribution in [0.2, 0.25) is 0 Å². The van der Waals surface area contributed by atoms with Gasteiger partial charge in [0.25, 0.3) is 5.91 Å². The van der Waals surface area contributed by atoms with Gasteiger partial charge in [-0.2, -0.15) is 5.10 Å². The van der Waals surface area contributed by atoms with Gasteiger partial charge < -0.3 is 9.84 Å². The van der Waals surface area contributed by atoms with Crippen LogP contribution >= 0.6 is 31.9 Å². The van der Waals surface area contributed by atoms with E-state index < -0.39 is 11.5 Å². The van der Waals surface area contributed by atoms with Crippen LogP contribution < -0.4 is 10.2 Å². The SMILES string of the molecule is CC(C)(O)C(=O)N/N=C\c1cc(Br)ccc1OCc1cccc(Br)c1. The molecule has 0 saturated heterocycles. The largest absolute Gasteiger partial charge is 0.488 e. The Hall–Kier alpha value is -1.70. The van der Waals surface area contributed by atoms with Gasteiger partial charge >= 0.3 is 0 Å². The molecule has 0 saturated carbocycles. The van der Waals surface area contributed by atoms with Gasteiger partial charge in [0.05, 0.1) is 6.21 Å². The molecule has 5 nitrogen and oxygen atoms in total. The number of carbonyl (C=O) groups excluding carboxylic acids is 1. The number of benzene rings is 2. The number of aliphatic hydroxyl groups is 1. The van der Waals surface area contributed by atoms with Crippen molar-refractivity contribution in [2.24, 2.45) is 5.10 Å². The van der Waals surface area contributed by atoms with Crippen molar-refractivity contribution < 1.29 is 14.6 Å². The molecule has 0 fully saturated rings. The second-order valence-corrected chi connectivity index (χ2v) is 7.69. The number of hydrazone groups is 1. The molecule has 132 valence electrons. The fourth-order valence-electron chi connectivity index (χ4n) is 1.84. The molecule has 0 aliphatic heterocycles. The van der Waals surface area contributed by atoms with Gasteiger partial charge in [-0.1, -0.05) is 44.0 Å². The van der Waals surface area contributed by atoms with Crippen LogP contribution in [0.15, 0.2) is 56.5 Å². The van der Waals surface area contributed by atoms with Crippen molar-refractivity contribution in [1.29, 1.82) is 0 Å². The summed E-state index contributed by atoms with van der Waals surface area (Å²) in [6, 6.07) is 13.4. The number of hydrogen-bond donors (Lipinski definition) is 2. The molecule has 25 heavy (non-hydrogen) atoms. The van der Waals surface area contributed by atoms with Crippen molar-refractivity contribution >= 4 is 44.0 Å². The molecule has 0 heterocycles. The first-order valence-electron chi connectivity index (χ1n) is 7.48. The number of carbonyl (C=O) groups is 1. The van der Waals surface area contributed by atoms with E-state index in [1.165, 1.54) is 20.1 Å². The minimum Gasteiger partial charge on any atom is -0.488 e. The molecule has 0 bridgehead atoms. The van der Waals surface area contributed by atoms with Crippen LogP contribution in [-0.2, 0) is 11.4 Å². The molecule has 0 unspecified atom stereocenters. The van der Waals surface area contributed by atoms with Gasteiger partial charge in [0.15, 0.2) is 0 Å². The molecule has 2 rings (SSSR count). The predicted molar refractivity (Wildman–Crippen MR) is 105 cm³/mol. The summed E-state index contributed by atoms with van der Waals surface area (Å²) in [6.07, 6.45) is 1.48. The lowest BCUT2D eigenvalue weighted by atomic mass is 10.1. The van der Waals surface area contributed by atoms with Crippen LogP contribution in [0.4, 0.5) is 0 Å². The van der Waals surface area contributed by atoms with E-state index in [4.69, 9.17) is 4.74 Å². The normalized spacial score (nSPS) is 11.6. The molecule has 1 amide bonds. The Morgan fingerprint density at radius 2 is 1.96 bits per heavy atom. The standard InChI is InChI=1S/C18H18Br2N2O3/c1-18(2,24)17(23)22-21-10-13-9-15(20)6-7-16(13)25-11-12-4-3-5-14(19)8-12/h3-10,24H,11H2,1-2H3,(H,22,23)/b21-10-. The summed E-state index contributed by atoms with van der Waals surface area (Å²) in [6.45, 7) is 3.19. The molecular formula is C18H18Br2N2O3. The van der Waals surface area contributed by atoms with Crippen LogP contribution in [0.1, 0.15) is 25.0 Å². The first-order valence-corrected chi connectivity index (χ1v) is 9.07. The van der Waals surface area contributed by atoms with Gasteiger partial charge in [-0.25, -0.2) is 5.43 Å². The fourth-order valence-corrected chi connectivity index (χ4v) is 2.66. The predicted octanol–water partition coefficient (Wildman–Crippen LogP) is 4.01. The second-order valence-electron chi connectivity index (χ2n) is 5.86. The average Bonchev–Trinajstić information content (AvgIpc) is 2.53.